The first-order valence-corrected chi connectivity index (χ1v) is 9.03. The molecule has 1 aliphatic rings. The fraction of sp³-hybridized carbons (Fsp3) is 0.529. The lowest BCUT2D eigenvalue weighted by Crippen LogP contribution is -2.42. The molecule has 3 heterocycles. The van der Waals surface area contributed by atoms with E-state index >= 15 is 0 Å². The molecule has 0 radical (unpaired) electrons. The van der Waals surface area contributed by atoms with Gasteiger partial charge in [0.15, 0.2) is 0 Å². The SMILES string of the molecule is Cn1ccnc1C(O)C1CCCN(C(=O)CCc2ccsc2)C1. The van der Waals surface area contributed by atoms with E-state index in [0.29, 0.717) is 18.8 Å². The molecule has 0 aliphatic carbocycles. The molecule has 0 aromatic carbocycles. The number of hydrogen-bond donors (Lipinski definition) is 1. The fourth-order valence-corrected chi connectivity index (χ4v) is 3.91. The third-order valence-corrected chi connectivity index (χ3v) is 5.32. The number of likely N-dealkylation sites (tertiary alicyclic amines) is 1. The van der Waals surface area contributed by atoms with Crippen LogP contribution in [0.15, 0.2) is 29.2 Å². The highest BCUT2D eigenvalue weighted by Crippen LogP contribution is 2.29. The van der Waals surface area contributed by atoms with Gasteiger partial charge in [0.25, 0.3) is 0 Å². The van der Waals surface area contributed by atoms with Gasteiger partial charge in [0.1, 0.15) is 11.9 Å². The molecule has 1 aliphatic heterocycles. The summed E-state index contributed by atoms with van der Waals surface area (Å²) in [5.41, 5.74) is 1.23. The Hall–Kier alpha value is -1.66. The van der Waals surface area contributed by atoms with Crippen LogP contribution in [0.3, 0.4) is 0 Å². The summed E-state index contributed by atoms with van der Waals surface area (Å²) in [7, 11) is 1.89. The van der Waals surface area contributed by atoms with Crippen LogP contribution in [0.25, 0.3) is 0 Å². The molecule has 1 saturated heterocycles. The van der Waals surface area contributed by atoms with Crippen molar-refractivity contribution in [2.45, 2.75) is 31.8 Å². The van der Waals surface area contributed by atoms with E-state index in [1.807, 2.05) is 28.1 Å². The molecule has 3 rings (SSSR count). The van der Waals surface area contributed by atoms with E-state index < -0.39 is 6.10 Å². The number of imidazole rings is 1. The van der Waals surface area contributed by atoms with E-state index in [1.165, 1.54) is 5.56 Å². The van der Waals surface area contributed by atoms with Crippen LogP contribution in [0.1, 0.15) is 36.8 Å². The van der Waals surface area contributed by atoms with Gasteiger partial charge >= 0.3 is 0 Å². The van der Waals surface area contributed by atoms with Crippen LogP contribution >= 0.6 is 11.3 Å². The molecular formula is C17H23N3O2S. The van der Waals surface area contributed by atoms with Crippen LogP contribution in [0.4, 0.5) is 0 Å². The lowest BCUT2D eigenvalue weighted by molar-refractivity contribution is -0.134. The molecule has 1 fully saturated rings. The lowest BCUT2D eigenvalue weighted by atomic mass is 9.91. The van der Waals surface area contributed by atoms with E-state index in [4.69, 9.17) is 0 Å². The summed E-state index contributed by atoms with van der Waals surface area (Å²) >= 11 is 1.66. The second kappa shape index (κ2) is 7.27. The second-order valence-corrected chi connectivity index (χ2v) is 6.99. The monoisotopic (exact) mass is 333 g/mol. The van der Waals surface area contributed by atoms with Crippen molar-refractivity contribution in [1.82, 2.24) is 14.5 Å². The summed E-state index contributed by atoms with van der Waals surface area (Å²) in [6.45, 7) is 1.42. The van der Waals surface area contributed by atoms with Crippen LogP contribution in [0, 0.1) is 5.92 Å². The molecule has 0 saturated carbocycles. The predicted octanol–water partition coefficient (Wildman–Crippen LogP) is 2.39. The Morgan fingerprint density at radius 3 is 3.13 bits per heavy atom. The van der Waals surface area contributed by atoms with Crippen molar-refractivity contribution in [1.29, 1.82) is 0 Å². The summed E-state index contributed by atoms with van der Waals surface area (Å²) < 4.78 is 1.85. The van der Waals surface area contributed by atoms with Crippen molar-refractivity contribution in [3.63, 3.8) is 0 Å². The number of hydrogen-bond acceptors (Lipinski definition) is 4. The van der Waals surface area contributed by atoms with Gasteiger partial charge in [0.05, 0.1) is 0 Å². The zero-order valence-electron chi connectivity index (χ0n) is 13.4. The molecule has 124 valence electrons. The Morgan fingerprint density at radius 2 is 2.43 bits per heavy atom. The normalized spacial score (nSPS) is 19.7. The molecule has 2 aromatic rings. The number of aromatic nitrogens is 2. The highest BCUT2D eigenvalue weighted by molar-refractivity contribution is 7.07. The molecule has 2 unspecified atom stereocenters. The first-order valence-electron chi connectivity index (χ1n) is 8.09. The Balaban J connectivity index is 1.57. The third kappa shape index (κ3) is 3.82. The maximum atomic E-state index is 12.4. The number of carbonyl (C=O) groups excluding carboxylic acids is 1. The molecule has 23 heavy (non-hydrogen) atoms. The summed E-state index contributed by atoms with van der Waals surface area (Å²) in [5.74, 6) is 0.936. The van der Waals surface area contributed by atoms with Crippen LogP contribution in [-0.4, -0.2) is 38.6 Å². The van der Waals surface area contributed by atoms with E-state index in [2.05, 4.69) is 16.4 Å². The minimum Gasteiger partial charge on any atom is -0.385 e. The number of nitrogens with zero attached hydrogens (tertiary/aromatic N) is 3. The van der Waals surface area contributed by atoms with Gasteiger partial charge in [-0.05, 0) is 41.7 Å². The summed E-state index contributed by atoms with van der Waals surface area (Å²) in [6, 6.07) is 2.07. The van der Waals surface area contributed by atoms with Gasteiger partial charge in [0, 0.05) is 44.9 Å². The summed E-state index contributed by atoms with van der Waals surface area (Å²) in [6.07, 6.45) is 6.14. The molecule has 1 N–H and O–H groups in total. The van der Waals surface area contributed by atoms with E-state index in [-0.39, 0.29) is 11.8 Å². The topological polar surface area (TPSA) is 58.4 Å². The Morgan fingerprint density at radius 1 is 1.57 bits per heavy atom. The van der Waals surface area contributed by atoms with Gasteiger partial charge in [-0.1, -0.05) is 0 Å². The molecule has 5 nitrogen and oxygen atoms in total. The lowest BCUT2D eigenvalue weighted by Gasteiger charge is -2.35. The van der Waals surface area contributed by atoms with E-state index in [9.17, 15) is 9.90 Å². The van der Waals surface area contributed by atoms with Crippen molar-refractivity contribution in [2.24, 2.45) is 13.0 Å². The molecular weight excluding hydrogens is 310 g/mol. The number of amides is 1. The van der Waals surface area contributed by atoms with E-state index in [1.54, 1.807) is 17.5 Å². The molecule has 6 heteroatoms. The zero-order valence-corrected chi connectivity index (χ0v) is 14.2. The minimum absolute atomic E-state index is 0.0648. The standard InChI is InChI=1S/C17H23N3O2S/c1-19-9-7-18-17(19)16(22)14-3-2-8-20(11-14)15(21)5-4-13-6-10-23-12-13/h6-7,9-10,12,14,16,22H,2-5,8,11H2,1H3. The van der Waals surface area contributed by atoms with Gasteiger partial charge in [0.2, 0.25) is 5.91 Å². The van der Waals surface area contributed by atoms with Crippen molar-refractivity contribution in [3.8, 4) is 0 Å². The fourth-order valence-electron chi connectivity index (χ4n) is 3.21. The minimum atomic E-state index is -0.609. The first kappa shape index (κ1) is 16.2. The van der Waals surface area contributed by atoms with Crippen molar-refractivity contribution >= 4 is 17.2 Å². The first-order chi connectivity index (χ1) is 11.1. The molecule has 2 atom stereocenters. The Labute approximate surface area is 140 Å². The van der Waals surface area contributed by atoms with Gasteiger partial charge in [-0.25, -0.2) is 4.98 Å². The Bertz CT molecular complexity index is 638. The van der Waals surface area contributed by atoms with Crippen LogP contribution in [0.2, 0.25) is 0 Å². The number of aliphatic hydroxyl groups excluding tert-OH is 1. The number of carbonyl (C=O) groups is 1. The molecule has 0 bridgehead atoms. The largest absolute Gasteiger partial charge is 0.385 e. The summed E-state index contributed by atoms with van der Waals surface area (Å²) in [5, 5.41) is 14.7. The number of aliphatic hydroxyl groups is 1. The third-order valence-electron chi connectivity index (χ3n) is 4.59. The highest BCUT2D eigenvalue weighted by Gasteiger charge is 2.30. The number of rotatable bonds is 5. The highest BCUT2D eigenvalue weighted by atomic mass is 32.1. The van der Waals surface area contributed by atoms with E-state index in [0.717, 1.165) is 25.8 Å². The average molecular weight is 333 g/mol. The number of piperidine rings is 1. The smallest absolute Gasteiger partial charge is 0.222 e. The van der Waals surface area contributed by atoms with Crippen LogP contribution in [-0.2, 0) is 18.3 Å². The quantitative estimate of drug-likeness (QED) is 0.914. The van der Waals surface area contributed by atoms with Gasteiger partial charge in [-0.2, -0.15) is 11.3 Å². The Kier molecular flexibility index (Phi) is 5.13. The molecule has 1 amide bonds. The maximum Gasteiger partial charge on any atom is 0.222 e. The van der Waals surface area contributed by atoms with Gasteiger partial charge in [-0.15, -0.1) is 0 Å². The number of thiophene rings is 1. The zero-order chi connectivity index (χ0) is 16.2. The van der Waals surface area contributed by atoms with Gasteiger partial charge in [-0.3, -0.25) is 4.79 Å². The summed E-state index contributed by atoms with van der Waals surface area (Å²) in [4.78, 5) is 18.6. The molecule has 0 spiro atoms. The van der Waals surface area contributed by atoms with Crippen molar-refractivity contribution < 1.29 is 9.90 Å². The maximum absolute atomic E-state index is 12.4. The van der Waals surface area contributed by atoms with Crippen molar-refractivity contribution in [3.05, 3.63) is 40.6 Å². The van der Waals surface area contributed by atoms with Crippen molar-refractivity contribution in [2.75, 3.05) is 13.1 Å². The second-order valence-electron chi connectivity index (χ2n) is 6.21. The average Bonchev–Trinajstić information content (AvgIpc) is 3.23. The van der Waals surface area contributed by atoms with Crippen LogP contribution < -0.4 is 0 Å². The predicted molar refractivity (Wildman–Crippen MR) is 90.1 cm³/mol. The molecule has 2 aromatic heterocycles. The van der Waals surface area contributed by atoms with Gasteiger partial charge < -0.3 is 14.6 Å². The number of aryl methyl sites for hydroxylation is 2. The van der Waals surface area contributed by atoms with Crippen LogP contribution in [0.5, 0.6) is 0 Å².